The first-order valence-corrected chi connectivity index (χ1v) is 4.22. The van der Waals surface area contributed by atoms with Gasteiger partial charge < -0.3 is 10.0 Å². The lowest BCUT2D eigenvalue weighted by Gasteiger charge is -2.28. The molecule has 0 spiro atoms. The highest BCUT2D eigenvalue weighted by molar-refractivity contribution is 5.96. The van der Waals surface area contributed by atoms with Gasteiger partial charge >= 0.3 is 0 Å². The molecule has 2 rings (SSSR count). The van der Waals surface area contributed by atoms with E-state index in [-0.39, 0.29) is 5.91 Å². The van der Waals surface area contributed by atoms with Crippen molar-refractivity contribution >= 4 is 5.91 Å². The van der Waals surface area contributed by atoms with Gasteiger partial charge in [-0.3, -0.25) is 4.79 Å². The van der Waals surface area contributed by atoms with Gasteiger partial charge in [-0.05, 0) is 11.6 Å². The van der Waals surface area contributed by atoms with Crippen LogP contribution >= 0.6 is 0 Å². The van der Waals surface area contributed by atoms with Crippen LogP contribution < -0.4 is 0 Å². The van der Waals surface area contributed by atoms with Crippen LogP contribution in [-0.4, -0.2) is 29.5 Å². The lowest BCUT2D eigenvalue weighted by Crippen LogP contribution is -2.36. The number of β-amino-alcohol motifs (C(OH)–C–C–N with tert-alkyl or cyclic N) is 1. The number of carbonyl (C=O) groups excluding carboxylic acids is 1. The van der Waals surface area contributed by atoms with Crippen molar-refractivity contribution < 1.29 is 9.90 Å². The molecule has 13 heavy (non-hydrogen) atoms. The number of benzene rings is 1. The van der Waals surface area contributed by atoms with Crippen LogP contribution in [0.25, 0.3) is 0 Å². The van der Waals surface area contributed by atoms with Gasteiger partial charge in [0.05, 0.1) is 12.6 Å². The summed E-state index contributed by atoms with van der Waals surface area (Å²) in [6.07, 6.45) is -0.543. The molecule has 1 heterocycles. The molecule has 3 nitrogen and oxygen atoms in total. The maximum Gasteiger partial charge on any atom is 0.254 e. The molecular formula is C10H11NO2. The lowest BCUT2D eigenvalue weighted by molar-refractivity contribution is 0.0615. The molecule has 68 valence electrons. The Labute approximate surface area is 76.6 Å². The number of aliphatic hydroxyl groups excluding tert-OH is 1. The van der Waals surface area contributed by atoms with Crippen molar-refractivity contribution in [1.82, 2.24) is 4.90 Å². The Kier molecular flexibility index (Phi) is 1.81. The third kappa shape index (κ3) is 1.21. The maximum absolute atomic E-state index is 11.6. The van der Waals surface area contributed by atoms with Crippen molar-refractivity contribution in [2.45, 2.75) is 6.10 Å². The summed E-state index contributed by atoms with van der Waals surface area (Å²) in [6, 6.07) is 7.19. The van der Waals surface area contributed by atoms with E-state index in [2.05, 4.69) is 0 Å². The summed E-state index contributed by atoms with van der Waals surface area (Å²) in [7, 11) is 1.70. The van der Waals surface area contributed by atoms with Gasteiger partial charge in [-0.25, -0.2) is 0 Å². The molecular weight excluding hydrogens is 166 g/mol. The van der Waals surface area contributed by atoms with Crippen LogP contribution in [0.1, 0.15) is 22.0 Å². The van der Waals surface area contributed by atoms with E-state index in [0.717, 1.165) is 5.56 Å². The largest absolute Gasteiger partial charge is 0.387 e. The molecule has 1 aliphatic heterocycles. The minimum Gasteiger partial charge on any atom is -0.387 e. The zero-order chi connectivity index (χ0) is 9.42. The summed E-state index contributed by atoms with van der Waals surface area (Å²) in [6.45, 7) is 0.385. The number of hydrogen-bond donors (Lipinski definition) is 1. The molecule has 1 aromatic rings. The third-order valence-corrected chi connectivity index (χ3v) is 2.34. The Morgan fingerprint density at radius 3 is 2.92 bits per heavy atom. The van der Waals surface area contributed by atoms with Crippen LogP contribution in [0.3, 0.4) is 0 Å². The number of hydrogen-bond acceptors (Lipinski definition) is 2. The van der Waals surface area contributed by atoms with E-state index in [1.807, 2.05) is 12.1 Å². The monoisotopic (exact) mass is 177 g/mol. The molecule has 0 radical (unpaired) electrons. The molecule has 0 saturated carbocycles. The molecule has 1 N–H and O–H groups in total. The molecule has 1 atom stereocenters. The summed E-state index contributed by atoms with van der Waals surface area (Å²) in [4.78, 5) is 13.1. The van der Waals surface area contributed by atoms with Crippen molar-refractivity contribution in [1.29, 1.82) is 0 Å². The Morgan fingerprint density at radius 1 is 1.46 bits per heavy atom. The molecule has 0 fully saturated rings. The molecule has 1 amide bonds. The minimum absolute atomic E-state index is 0.0131. The van der Waals surface area contributed by atoms with E-state index in [1.165, 1.54) is 4.90 Å². The van der Waals surface area contributed by atoms with Crippen molar-refractivity contribution in [2.75, 3.05) is 13.6 Å². The Bertz CT molecular complexity index is 349. The summed E-state index contributed by atoms with van der Waals surface area (Å²) in [5.74, 6) is -0.0131. The van der Waals surface area contributed by atoms with Crippen LogP contribution in [0.4, 0.5) is 0 Å². The highest BCUT2D eigenvalue weighted by Crippen LogP contribution is 2.24. The smallest absolute Gasteiger partial charge is 0.254 e. The molecule has 3 heteroatoms. The fourth-order valence-electron chi connectivity index (χ4n) is 1.63. The predicted octanol–water partition coefficient (Wildman–Crippen LogP) is 0.806. The van der Waals surface area contributed by atoms with Gasteiger partial charge in [-0.1, -0.05) is 18.2 Å². The molecule has 0 aromatic heterocycles. The Morgan fingerprint density at radius 2 is 2.15 bits per heavy atom. The van der Waals surface area contributed by atoms with Crippen LogP contribution in [-0.2, 0) is 0 Å². The number of aliphatic hydroxyl groups is 1. The summed E-state index contributed by atoms with van der Waals surface area (Å²) >= 11 is 0. The standard InChI is InChI=1S/C10H11NO2/c1-11-6-9(12)7-4-2-3-5-8(7)10(11)13/h2-5,9,12H,6H2,1H3. The summed E-state index contributed by atoms with van der Waals surface area (Å²) < 4.78 is 0. The number of rotatable bonds is 0. The van der Waals surface area contributed by atoms with Crippen LogP contribution in [0, 0.1) is 0 Å². The van der Waals surface area contributed by atoms with Crippen molar-refractivity contribution in [3.8, 4) is 0 Å². The molecule has 1 aliphatic rings. The fourth-order valence-corrected chi connectivity index (χ4v) is 1.63. The SMILES string of the molecule is CN1CC(O)c2ccccc2C1=O. The van der Waals surface area contributed by atoms with Gasteiger partial charge in [0, 0.05) is 12.6 Å². The van der Waals surface area contributed by atoms with Gasteiger partial charge in [-0.2, -0.15) is 0 Å². The number of nitrogens with zero attached hydrogens (tertiary/aromatic N) is 1. The predicted molar refractivity (Wildman–Crippen MR) is 48.4 cm³/mol. The first-order valence-electron chi connectivity index (χ1n) is 4.22. The molecule has 1 unspecified atom stereocenters. The summed E-state index contributed by atoms with van der Waals surface area (Å²) in [5.41, 5.74) is 1.36. The average molecular weight is 177 g/mol. The molecule has 0 bridgehead atoms. The van der Waals surface area contributed by atoms with Gasteiger partial charge in [0.1, 0.15) is 0 Å². The highest BCUT2D eigenvalue weighted by atomic mass is 16.3. The van der Waals surface area contributed by atoms with Gasteiger partial charge in [0.2, 0.25) is 0 Å². The minimum atomic E-state index is -0.543. The lowest BCUT2D eigenvalue weighted by atomic mass is 9.97. The average Bonchev–Trinajstić information content (AvgIpc) is 2.15. The quantitative estimate of drug-likeness (QED) is 0.637. The number of carbonyl (C=O) groups is 1. The maximum atomic E-state index is 11.6. The fraction of sp³-hybridized carbons (Fsp3) is 0.300. The number of fused-ring (bicyclic) bond motifs is 1. The zero-order valence-corrected chi connectivity index (χ0v) is 7.40. The zero-order valence-electron chi connectivity index (χ0n) is 7.40. The Balaban J connectivity index is 2.54. The van der Waals surface area contributed by atoms with Crippen molar-refractivity contribution in [3.05, 3.63) is 35.4 Å². The van der Waals surface area contributed by atoms with E-state index in [1.54, 1.807) is 19.2 Å². The number of likely N-dealkylation sites (N-methyl/N-ethyl adjacent to an activating group) is 1. The van der Waals surface area contributed by atoms with Crippen molar-refractivity contribution in [3.63, 3.8) is 0 Å². The van der Waals surface area contributed by atoms with Crippen LogP contribution in [0.15, 0.2) is 24.3 Å². The molecule has 1 aromatic carbocycles. The van der Waals surface area contributed by atoms with E-state index < -0.39 is 6.10 Å². The summed E-state index contributed by atoms with van der Waals surface area (Å²) in [5, 5.41) is 9.66. The van der Waals surface area contributed by atoms with E-state index in [9.17, 15) is 9.90 Å². The van der Waals surface area contributed by atoms with E-state index >= 15 is 0 Å². The number of amides is 1. The van der Waals surface area contributed by atoms with Gasteiger partial charge in [0.15, 0.2) is 0 Å². The third-order valence-electron chi connectivity index (χ3n) is 2.34. The van der Waals surface area contributed by atoms with Gasteiger partial charge in [-0.15, -0.1) is 0 Å². The topological polar surface area (TPSA) is 40.5 Å². The normalized spacial score (nSPS) is 21.5. The van der Waals surface area contributed by atoms with Crippen LogP contribution in [0.2, 0.25) is 0 Å². The van der Waals surface area contributed by atoms with Crippen molar-refractivity contribution in [2.24, 2.45) is 0 Å². The molecule has 0 saturated heterocycles. The Hall–Kier alpha value is -1.35. The van der Waals surface area contributed by atoms with E-state index in [0.29, 0.717) is 12.1 Å². The molecule has 0 aliphatic carbocycles. The first kappa shape index (κ1) is 8.26. The van der Waals surface area contributed by atoms with Gasteiger partial charge in [0.25, 0.3) is 5.91 Å². The second-order valence-corrected chi connectivity index (χ2v) is 3.29. The highest BCUT2D eigenvalue weighted by Gasteiger charge is 2.26. The van der Waals surface area contributed by atoms with Crippen LogP contribution in [0.5, 0.6) is 0 Å². The second kappa shape index (κ2) is 2.85. The second-order valence-electron chi connectivity index (χ2n) is 3.29. The van der Waals surface area contributed by atoms with E-state index in [4.69, 9.17) is 0 Å². The first-order chi connectivity index (χ1) is 6.20.